The van der Waals surface area contributed by atoms with E-state index < -0.39 is 0 Å². The summed E-state index contributed by atoms with van der Waals surface area (Å²) in [6.07, 6.45) is 6.67. The zero-order valence-electron chi connectivity index (χ0n) is 17.1. The van der Waals surface area contributed by atoms with E-state index in [2.05, 4.69) is 20.5 Å². The van der Waals surface area contributed by atoms with Crippen LogP contribution in [0.2, 0.25) is 5.02 Å². The molecule has 1 fully saturated rings. The molecule has 8 heteroatoms. The molecule has 2 aliphatic rings. The Kier molecular flexibility index (Phi) is 7.27. The van der Waals surface area contributed by atoms with E-state index in [1.807, 2.05) is 17.8 Å². The van der Waals surface area contributed by atoms with Crippen LogP contribution in [0.5, 0.6) is 0 Å². The largest absolute Gasteiger partial charge is 0.322 e. The van der Waals surface area contributed by atoms with E-state index in [-0.39, 0.29) is 11.8 Å². The molecule has 1 aromatic carbocycles. The van der Waals surface area contributed by atoms with Crippen LogP contribution in [0.3, 0.4) is 0 Å². The third kappa shape index (κ3) is 5.67. The van der Waals surface area contributed by atoms with Crippen LogP contribution < -0.4 is 10.6 Å². The van der Waals surface area contributed by atoms with Crippen LogP contribution in [0.4, 0.5) is 11.5 Å². The molecule has 4 rings (SSSR count). The number of pyridine rings is 1. The van der Waals surface area contributed by atoms with Crippen molar-refractivity contribution in [1.29, 1.82) is 0 Å². The van der Waals surface area contributed by atoms with Crippen LogP contribution in [-0.2, 0) is 4.79 Å². The average molecular weight is 457 g/mol. The van der Waals surface area contributed by atoms with Gasteiger partial charge in [-0.25, -0.2) is 4.98 Å². The van der Waals surface area contributed by atoms with Gasteiger partial charge in [0, 0.05) is 30.9 Å². The van der Waals surface area contributed by atoms with E-state index in [0.717, 1.165) is 25.1 Å². The van der Waals surface area contributed by atoms with Crippen molar-refractivity contribution in [3.05, 3.63) is 64.8 Å². The summed E-state index contributed by atoms with van der Waals surface area (Å²) in [7, 11) is 0. The molecule has 31 heavy (non-hydrogen) atoms. The van der Waals surface area contributed by atoms with Crippen LogP contribution in [0.25, 0.3) is 0 Å². The zero-order chi connectivity index (χ0) is 21.6. The van der Waals surface area contributed by atoms with Crippen molar-refractivity contribution in [2.75, 3.05) is 35.2 Å². The first-order valence-electron chi connectivity index (χ1n) is 10.4. The molecule has 1 saturated heterocycles. The van der Waals surface area contributed by atoms with Gasteiger partial charge in [-0.2, -0.15) is 11.8 Å². The van der Waals surface area contributed by atoms with Crippen LogP contribution in [0.1, 0.15) is 29.6 Å². The van der Waals surface area contributed by atoms with Crippen molar-refractivity contribution in [3.63, 3.8) is 0 Å². The van der Waals surface area contributed by atoms with E-state index in [9.17, 15) is 9.59 Å². The monoisotopic (exact) mass is 456 g/mol. The number of anilines is 2. The maximum Gasteiger partial charge on any atom is 0.258 e. The van der Waals surface area contributed by atoms with Crippen molar-refractivity contribution < 1.29 is 9.59 Å². The molecular weight excluding hydrogens is 432 g/mol. The molecule has 0 bridgehead atoms. The first kappa shape index (κ1) is 21.9. The van der Waals surface area contributed by atoms with E-state index >= 15 is 0 Å². The standard InChI is InChI=1S/C23H25ClN4O2S/c24-17-5-6-21(25-15-17)27-23(30)19-3-1-2-4-20(19)26-22(29)16-7-11-28(12-8-16)18-9-13-31-14-10-18/h1-7,15,18H,8-14H2,(H,26,29)(H,25,27,30). The zero-order valence-corrected chi connectivity index (χ0v) is 18.7. The lowest BCUT2D eigenvalue weighted by molar-refractivity contribution is -0.113. The summed E-state index contributed by atoms with van der Waals surface area (Å²) in [5.74, 6) is 2.35. The minimum Gasteiger partial charge on any atom is -0.322 e. The maximum absolute atomic E-state index is 12.9. The number of halogens is 1. The topological polar surface area (TPSA) is 74.3 Å². The number of hydrogen-bond donors (Lipinski definition) is 2. The van der Waals surface area contributed by atoms with E-state index in [1.165, 1.54) is 30.5 Å². The minimum absolute atomic E-state index is 0.149. The summed E-state index contributed by atoms with van der Waals surface area (Å²) in [6.45, 7) is 1.71. The highest BCUT2D eigenvalue weighted by Crippen LogP contribution is 2.25. The molecule has 0 aliphatic carbocycles. The molecule has 2 aliphatic heterocycles. The summed E-state index contributed by atoms with van der Waals surface area (Å²) < 4.78 is 0. The van der Waals surface area contributed by atoms with Gasteiger partial charge in [0.1, 0.15) is 5.82 Å². The highest BCUT2D eigenvalue weighted by atomic mass is 35.5. The highest BCUT2D eigenvalue weighted by Gasteiger charge is 2.25. The van der Waals surface area contributed by atoms with Gasteiger partial charge >= 0.3 is 0 Å². The number of nitrogens with one attached hydrogen (secondary N) is 2. The van der Waals surface area contributed by atoms with Gasteiger partial charge in [0.25, 0.3) is 11.8 Å². The fourth-order valence-corrected chi connectivity index (χ4v) is 5.09. The number of nitrogens with zero attached hydrogens (tertiary/aromatic N) is 2. The smallest absolute Gasteiger partial charge is 0.258 e. The van der Waals surface area contributed by atoms with Gasteiger partial charge in [-0.1, -0.05) is 29.8 Å². The lowest BCUT2D eigenvalue weighted by Gasteiger charge is -2.35. The second-order valence-corrected chi connectivity index (χ2v) is 9.29. The Morgan fingerprint density at radius 2 is 1.87 bits per heavy atom. The Labute approximate surface area is 191 Å². The van der Waals surface area contributed by atoms with Crippen LogP contribution >= 0.6 is 23.4 Å². The Bertz CT molecular complexity index is 974. The molecule has 2 N–H and O–H groups in total. The lowest BCUT2D eigenvalue weighted by Crippen LogP contribution is -2.41. The molecule has 6 nitrogen and oxygen atoms in total. The molecule has 0 spiro atoms. The molecule has 0 saturated carbocycles. The quantitative estimate of drug-likeness (QED) is 0.695. The summed E-state index contributed by atoms with van der Waals surface area (Å²) in [4.78, 5) is 32.2. The van der Waals surface area contributed by atoms with Crippen LogP contribution in [0, 0.1) is 0 Å². The number of aromatic nitrogens is 1. The number of para-hydroxylation sites is 1. The fraction of sp³-hybridized carbons (Fsp3) is 0.348. The number of amides is 2. The van der Waals surface area contributed by atoms with Crippen LogP contribution in [0.15, 0.2) is 54.2 Å². The minimum atomic E-state index is -0.343. The normalized spacial score (nSPS) is 17.6. The highest BCUT2D eigenvalue weighted by molar-refractivity contribution is 7.99. The van der Waals surface area contributed by atoms with Gasteiger partial charge in [0.05, 0.1) is 16.3 Å². The van der Waals surface area contributed by atoms with Gasteiger partial charge in [0.15, 0.2) is 0 Å². The summed E-state index contributed by atoms with van der Waals surface area (Å²) in [5.41, 5.74) is 1.63. The van der Waals surface area contributed by atoms with E-state index in [1.54, 1.807) is 36.4 Å². The summed E-state index contributed by atoms with van der Waals surface area (Å²) >= 11 is 7.87. The number of rotatable bonds is 5. The third-order valence-corrected chi connectivity index (χ3v) is 6.90. The Balaban J connectivity index is 1.40. The van der Waals surface area contributed by atoms with Crippen molar-refractivity contribution >= 4 is 46.7 Å². The first-order valence-corrected chi connectivity index (χ1v) is 12.0. The van der Waals surface area contributed by atoms with E-state index in [4.69, 9.17) is 11.6 Å². The summed E-state index contributed by atoms with van der Waals surface area (Å²) in [5, 5.41) is 6.15. The molecule has 3 heterocycles. The molecule has 0 unspecified atom stereocenters. The van der Waals surface area contributed by atoms with Gasteiger partial charge < -0.3 is 10.6 Å². The van der Waals surface area contributed by atoms with Gasteiger partial charge in [-0.15, -0.1) is 0 Å². The molecule has 0 radical (unpaired) electrons. The molecular formula is C23H25ClN4O2S. The molecule has 1 aromatic heterocycles. The third-order valence-electron chi connectivity index (χ3n) is 5.63. The van der Waals surface area contributed by atoms with Gasteiger partial charge in [-0.3, -0.25) is 14.5 Å². The van der Waals surface area contributed by atoms with Gasteiger partial charge in [-0.05, 0) is 55.0 Å². The number of carbonyl (C=O) groups excluding carboxylic acids is 2. The van der Waals surface area contributed by atoms with Crippen LogP contribution in [-0.4, -0.2) is 52.3 Å². The molecule has 162 valence electrons. The Morgan fingerprint density at radius 1 is 1.06 bits per heavy atom. The molecule has 2 amide bonds. The number of thioether (sulfide) groups is 1. The number of carbonyl (C=O) groups is 2. The van der Waals surface area contributed by atoms with Crippen molar-refractivity contribution in [3.8, 4) is 0 Å². The first-order chi connectivity index (χ1) is 15.1. The maximum atomic E-state index is 12.9. The molecule has 0 atom stereocenters. The predicted octanol–water partition coefficient (Wildman–Crippen LogP) is 4.45. The van der Waals surface area contributed by atoms with Crippen molar-refractivity contribution in [2.24, 2.45) is 0 Å². The Hall–Kier alpha value is -2.35. The second-order valence-electron chi connectivity index (χ2n) is 7.63. The van der Waals surface area contributed by atoms with Gasteiger partial charge in [0.2, 0.25) is 0 Å². The number of benzene rings is 1. The van der Waals surface area contributed by atoms with Crippen molar-refractivity contribution in [2.45, 2.75) is 25.3 Å². The number of hydrogen-bond acceptors (Lipinski definition) is 5. The summed E-state index contributed by atoms with van der Waals surface area (Å²) in [6, 6.07) is 10.9. The lowest BCUT2D eigenvalue weighted by atomic mass is 10.0. The fourth-order valence-electron chi connectivity index (χ4n) is 3.90. The van der Waals surface area contributed by atoms with Crippen molar-refractivity contribution in [1.82, 2.24) is 9.88 Å². The molecule has 2 aromatic rings. The SMILES string of the molecule is O=C(Nc1ccccc1C(=O)Nc1ccc(Cl)cn1)C1=CCN(C2CCSCC2)CC1. The predicted molar refractivity (Wildman–Crippen MR) is 127 cm³/mol. The Morgan fingerprint density at radius 3 is 2.58 bits per heavy atom. The average Bonchev–Trinajstić information content (AvgIpc) is 2.81. The second kappa shape index (κ2) is 10.3. The van der Waals surface area contributed by atoms with E-state index in [0.29, 0.717) is 28.1 Å².